The van der Waals surface area contributed by atoms with E-state index in [1.165, 1.54) is 6.92 Å². The Morgan fingerprint density at radius 1 is 0.966 bits per heavy atom. The van der Waals surface area contributed by atoms with Crippen molar-refractivity contribution in [2.75, 3.05) is 19.0 Å². The Morgan fingerprint density at radius 3 is 2.17 bits per heavy atom. The summed E-state index contributed by atoms with van der Waals surface area (Å²) in [5, 5.41) is 5.42. The molecule has 2 N–H and O–H groups in total. The number of hydrogen-bond acceptors (Lipinski definition) is 5. The molecule has 154 valence electrons. The summed E-state index contributed by atoms with van der Waals surface area (Å²) in [4.78, 5) is 35.2. The van der Waals surface area contributed by atoms with E-state index in [1.807, 2.05) is 24.3 Å². The van der Waals surface area contributed by atoms with E-state index in [0.717, 1.165) is 16.9 Å². The number of ether oxygens (including phenoxy) is 2. The van der Waals surface area contributed by atoms with Crippen molar-refractivity contribution in [3.05, 3.63) is 59.7 Å². The number of hydrogen-bond donors (Lipinski definition) is 2. The summed E-state index contributed by atoms with van der Waals surface area (Å²) in [5.41, 5.74) is 2.45. The minimum Gasteiger partial charge on any atom is -0.497 e. The van der Waals surface area contributed by atoms with Gasteiger partial charge in [-0.05, 0) is 48.7 Å². The zero-order chi connectivity index (χ0) is 21.2. The number of carbonyl (C=O) groups excluding carboxylic acids is 3. The first-order valence-corrected chi connectivity index (χ1v) is 9.34. The van der Waals surface area contributed by atoms with Gasteiger partial charge in [-0.1, -0.05) is 24.3 Å². The normalized spacial score (nSPS) is 11.3. The van der Waals surface area contributed by atoms with E-state index in [0.29, 0.717) is 18.7 Å². The lowest BCUT2D eigenvalue weighted by Gasteiger charge is -2.14. The smallest absolute Gasteiger partial charge is 0.311 e. The summed E-state index contributed by atoms with van der Waals surface area (Å²) >= 11 is 0. The third kappa shape index (κ3) is 7.65. The lowest BCUT2D eigenvalue weighted by Crippen LogP contribution is -2.37. The van der Waals surface area contributed by atoms with Crippen LogP contribution in [0.25, 0.3) is 0 Å². The molecule has 0 aliphatic rings. The monoisotopic (exact) mass is 398 g/mol. The SMILES string of the molecule is COc1ccc(CCNC(=O)[C@H](C)OC(=O)Cc2ccc(NC(C)=O)cc2)cc1. The topological polar surface area (TPSA) is 93.7 Å². The summed E-state index contributed by atoms with van der Waals surface area (Å²) in [7, 11) is 1.61. The maximum atomic E-state index is 12.1. The fourth-order valence-corrected chi connectivity index (χ4v) is 2.63. The number of benzene rings is 2. The Balaban J connectivity index is 1.73. The van der Waals surface area contributed by atoms with Gasteiger partial charge in [-0.15, -0.1) is 0 Å². The van der Waals surface area contributed by atoms with Crippen LogP contribution < -0.4 is 15.4 Å². The van der Waals surface area contributed by atoms with Crippen molar-refractivity contribution in [1.29, 1.82) is 0 Å². The fraction of sp³-hybridized carbons (Fsp3) is 0.318. The van der Waals surface area contributed by atoms with Gasteiger partial charge in [0.1, 0.15) is 5.75 Å². The van der Waals surface area contributed by atoms with Crippen LogP contribution in [0.4, 0.5) is 5.69 Å². The number of rotatable bonds is 9. The quantitative estimate of drug-likeness (QED) is 0.633. The zero-order valence-electron chi connectivity index (χ0n) is 16.9. The molecule has 0 unspecified atom stereocenters. The third-order valence-corrected chi connectivity index (χ3v) is 4.17. The van der Waals surface area contributed by atoms with Gasteiger partial charge in [-0.25, -0.2) is 0 Å². The van der Waals surface area contributed by atoms with Gasteiger partial charge in [0.25, 0.3) is 5.91 Å². The molecule has 2 amide bonds. The summed E-state index contributed by atoms with van der Waals surface area (Å²) in [6.45, 7) is 3.41. The van der Waals surface area contributed by atoms with Crippen LogP contribution in [0, 0.1) is 0 Å². The number of methoxy groups -OCH3 is 1. The highest BCUT2D eigenvalue weighted by Gasteiger charge is 2.17. The first-order valence-electron chi connectivity index (χ1n) is 9.34. The molecule has 0 fully saturated rings. The molecule has 1 atom stereocenters. The Morgan fingerprint density at radius 2 is 1.59 bits per heavy atom. The van der Waals surface area contributed by atoms with Gasteiger partial charge in [0.15, 0.2) is 6.10 Å². The minimum atomic E-state index is -0.878. The van der Waals surface area contributed by atoms with Crippen LogP contribution in [0.2, 0.25) is 0 Å². The van der Waals surface area contributed by atoms with E-state index in [1.54, 1.807) is 38.3 Å². The highest BCUT2D eigenvalue weighted by atomic mass is 16.5. The Hall–Kier alpha value is -3.35. The highest BCUT2D eigenvalue weighted by molar-refractivity contribution is 5.88. The van der Waals surface area contributed by atoms with Crippen LogP contribution in [-0.2, 0) is 32.0 Å². The molecular weight excluding hydrogens is 372 g/mol. The molecule has 29 heavy (non-hydrogen) atoms. The average Bonchev–Trinajstić information content (AvgIpc) is 2.69. The van der Waals surface area contributed by atoms with Gasteiger partial charge in [0.2, 0.25) is 5.91 Å². The summed E-state index contributed by atoms with van der Waals surface area (Å²) < 4.78 is 10.3. The van der Waals surface area contributed by atoms with Gasteiger partial charge >= 0.3 is 5.97 Å². The van der Waals surface area contributed by atoms with Gasteiger partial charge in [0, 0.05) is 19.2 Å². The van der Waals surface area contributed by atoms with Crippen molar-refractivity contribution in [1.82, 2.24) is 5.32 Å². The second-order valence-corrected chi connectivity index (χ2v) is 6.58. The van der Waals surface area contributed by atoms with Crippen molar-refractivity contribution in [3.63, 3.8) is 0 Å². The first-order chi connectivity index (χ1) is 13.9. The number of amides is 2. The second kappa shape index (κ2) is 10.8. The van der Waals surface area contributed by atoms with Crippen molar-refractivity contribution >= 4 is 23.5 Å². The van der Waals surface area contributed by atoms with Crippen LogP contribution in [0.3, 0.4) is 0 Å². The van der Waals surface area contributed by atoms with E-state index in [-0.39, 0.29) is 18.2 Å². The molecular formula is C22H26N2O5. The van der Waals surface area contributed by atoms with Gasteiger partial charge in [-0.2, -0.15) is 0 Å². The van der Waals surface area contributed by atoms with Crippen LogP contribution >= 0.6 is 0 Å². The largest absolute Gasteiger partial charge is 0.497 e. The Bertz CT molecular complexity index is 831. The molecule has 0 spiro atoms. The van der Waals surface area contributed by atoms with Crippen molar-refractivity contribution < 1.29 is 23.9 Å². The molecule has 0 aliphatic carbocycles. The van der Waals surface area contributed by atoms with Crippen molar-refractivity contribution in [2.45, 2.75) is 32.8 Å². The highest BCUT2D eigenvalue weighted by Crippen LogP contribution is 2.12. The van der Waals surface area contributed by atoms with E-state index in [9.17, 15) is 14.4 Å². The van der Waals surface area contributed by atoms with Crippen LogP contribution in [0.1, 0.15) is 25.0 Å². The third-order valence-electron chi connectivity index (χ3n) is 4.17. The molecule has 0 aromatic heterocycles. The molecule has 7 nitrogen and oxygen atoms in total. The summed E-state index contributed by atoms with van der Waals surface area (Å²) in [6.07, 6.45) is -0.169. The van der Waals surface area contributed by atoms with Crippen molar-refractivity contribution in [3.8, 4) is 5.75 Å². The van der Waals surface area contributed by atoms with Gasteiger partial charge < -0.3 is 20.1 Å². The first kappa shape index (κ1) is 21.9. The Kier molecular flexibility index (Phi) is 8.21. The van der Waals surface area contributed by atoms with Gasteiger partial charge in [0.05, 0.1) is 13.5 Å². The number of esters is 1. The second-order valence-electron chi connectivity index (χ2n) is 6.58. The minimum absolute atomic E-state index is 0.0455. The standard InChI is InChI=1S/C22H26N2O5/c1-15(22(27)23-13-12-17-6-10-20(28-3)11-7-17)29-21(26)14-18-4-8-19(9-5-18)24-16(2)25/h4-11,15H,12-14H2,1-3H3,(H,23,27)(H,24,25)/t15-/m0/s1. The maximum absolute atomic E-state index is 12.1. The molecule has 0 bridgehead atoms. The fourth-order valence-electron chi connectivity index (χ4n) is 2.63. The molecule has 2 aromatic rings. The molecule has 7 heteroatoms. The Labute approximate surface area is 170 Å². The van der Waals surface area contributed by atoms with Crippen LogP contribution in [-0.4, -0.2) is 37.5 Å². The molecule has 0 aliphatic heterocycles. The number of carbonyl (C=O) groups is 3. The van der Waals surface area contributed by atoms with E-state index in [4.69, 9.17) is 9.47 Å². The van der Waals surface area contributed by atoms with Gasteiger partial charge in [-0.3, -0.25) is 14.4 Å². The lowest BCUT2D eigenvalue weighted by molar-refractivity contribution is -0.154. The van der Waals surface area contributed by atoms with E-state index >= 15 is 0 Å². The number of nitrogens with one attached hydrogen (secondary N) is 2. The molecule has 0 radical (unpaired) electrons. The average molecular weight is 398 g/mol. The molecule has 0 heterocycles. The van der Waals surface area contributed by atoms with E-state index < -0.39 is 12.1 Å². The predicted molar refractivity (Wildman–Crippen MR) is 110 cm³/mol. The van der Waals surface area contributed by atoms with E-state index in [2.05, 4.69) is 10.6 Å². The predicted octanol–water partition coefficient (Wildman–Crippen LogP) is 2.49. The molecule has 2 rings (SSSR count). The van der Waals surface area contributed by atoms with Crippen molar-refractivity contribution in [2.24, 2.45) is 0 Å². The lowest BCUT2D eigenvalue weighted by atomic mass is 10.1. The molecule has 0 saturated carbocycles. The molecule has 2 aromatic carbocycles. The number of anilines is 1. The summed E-state index contributed by atoms with van der Waals surface area (Å²) in [5.74, 6) is -0.213. The summed E-state index contributed by atoms with van der Waals surface area (Å²) in [6, 6.07) is 14.5. The van der Waals surface area contributed by atoms with Crippen LogP contribution in [0.15, 0.2) is 48.5 Å². The molecule has 0 saturated heterocycles. The zero-order valence-corrected chi connectivity index (χ0v) is 16.9. The van der Waals surface area contributed by atoms with Crippen LogP contribution in [0.5, 0.6) is 5.75 Å². The maximum Gasteiger partial charge on any atom is 0.311 e.